The third kappa shape index (κ3) is 4.58. The van der Waals surface area contributed by atoms with Crippen LogP contribution in [-0.4, -0.2) is 39.8 Å². The maximum Gasteiger partial charge on any atom is 0.222 e. The van der Waals surface area contributed by atoms with Gasteiger partial charge in [0.05, 0.1) is 5.69 Å². The molecule has 1 fully saturated rings. The number of piperidine rings is 1. The monoisotopic (exact) mass is 434 g/mol. The quantitative estimate of drug-likeness (QED) is 0.663. The van der Waals surface area contributed by atoms with Crippen LogP contribution in [0.1, 0.15) is 36.9 Å². The second-order valence-electron chi connectivity index (χ2n) is 7.31. The van der Waals surface area contributed by atoms with Gasteiger partial charge in [0, 0.05) is 37.3 Å². The Morgan fingerprint density at radius 3 is 2.38 bits per heavy atom. The van der Waals surface area contributed by atoms with E-state index < -0.39 is 0 Å². The topological polar surface area (TPSA) is 63.6 Å². The highest BCUT2D eigenvalue weighted by molar-refractivity contribution is 5.85. The fourth-order valence-corrected chi connectivity index (χ4v) is 4.16. The Morgan fingerprint density at radius 1 is 1.03 bits per heavy atom. The molecule has 1 aliphatic rings. The van der Waals surface area contributed by atoms with Crippen LogP contribution in [0.15, 0.2) is 60.9 Å². The highest BCUT2D eigenvalue weighted by Crippen LogP contribution is 2.41. The fraction of sp³-hybridized carbons (Fsp3) is 0.364. The third-order valence-corrected chi connectivity index (χ3v) is 5.75. The number of carbonyl (C=O) groups is 1. The third-order valence-electron chi connectivity index (χ3n) is 5.75. The number of aromatic nitrogens is 2. The van der Waals surface area contributed by atoms with Crippen molar-refractivity contribution in [1.82, 2.24) is 14.3 Å². The summed E-state index contributed by atoms with van der Waals surface area (Å²) >= 11 is 0. The summed E-state index contributed by atoms with van der Waals surface area (Å²) in [5, 5.41) is 0. The molecule has 1 saturated heterocycles. The number of carbonyl (C=O) groups excluding carboxylic acids is 1. The van der Waals surface area contributed by atoms with Gasteiger partial charge in [0.1, 0.15) is 5.65 Å². The van der Waals surface area contributed by atoms with Gasteiger partial charge in [-0.3, -0.25) is 4.79 Å². The first-order valence-corrected chi connectivity index (χ1v) is 9.70. The number of amides is 1. The minimum atomic E-state index is -0.155. The number of hydrogen-bond acceptors (Lipinski definition) is 3. The van der Waals surface area contributed by atoms with Crippen LogP contribution in [0.2, 0.25) is 0 Å². The van der Waals surface area contributed by atoms with Crippen LogP contribution in [0.3, 0.4) is 0 Å². The average Bonchev–Trinajstić information content (AvgIpc) is 3.17. The molecule has 0 spiro atoms. The molecule has 4 rings (SSSR count). The first-order chi connectivity index (χ1) is 13.2. The molecule has 1 amide bonds. The normalized spacial score (nSPS) is 15.4. The molecule has 3 heterocycles. The van der Waals surface area contributed by atoms with Crippen LogP contribution in [-0.2, 0) is 10.2 Å². The predicted octanol–water partition coefficient (Wildman–Crippen LogP) is 3.83. The smallest absolute Gasteiger partial charge is 0.222 e. The van der Waals surface area contributed by atoms with Crippen molar-refractivity contribution < 1.29 is 4.79 Å². The summed E-state index contributed by atoms with van der Waals surface area (Å²) in [6.07, 6.45) is 7.25. The molecule has 0 aliphatic carbocycles. The zero-order valence-corrected chi connectivity index (χ0v) is 18.0. The second-order valence-corrected chi connectivity index (χ2v) is 7.31. The van der Waals surface area contributed by atoms with Crippen LogP contribution in [0.5, 0.6) is 0 Å². The van der Waals surface area contributed by atoms with E-state index in [0.29, 0.717) is 13.0 Å². The molecule has 0 unspecified atom stereocenters. The van der Waals surface area contributed by atoms with Gasteiger partial charge in [0.2, 0.25) is 5.91 Å². The van der Waals surface area contributed by atoms with Crippen molar-refractivity contribution >= 4 is 36.4 Å². The Kier molecular flexibility index (Phi) is 8.08. The number of hydrogen-bond donors (Lipinski definition) is 1. The summed E-state index contributed by atoms with van der Waals surface area (Å²) in [6.45, 7) is 2.08. The van der Waals surface area contributed by atoms with Crippen molar-refractivity contribution in [2.75, 3.05) is 19.6 Å². The van der Waals surface area contributed by atoms with Gasteiger partial charge in [-0.05, 0) is 43.5 Å². The summed E-state index contributed by atoms with van der Waals surface area (Å²) in [7, 11) is 0. The lowest BCUT2D eigenvalue weighted by Crippen LogP contribution is -2.46. The number of pyridine rings is 1. The molecule has 2 N–H and O–H groups in total. The molecule has 3 aromatic rings. The van der Waals surface area contributed by atoms with E-state index in [9.17, 15) is 4.79 Å². The van der Waals surface area contributed by atoms with Crippen LogP contribution in [0.4, 0.5) is 0 Å². The molecule has 29 heavy (non-hydrogen) atoms. The van der Waals surface area contributed by atoms with Crippen molar-refractivity contribution in [2.45, 2.75) is 31.1 Å². The van der Waals surface area contributed by atoms with E-state index in [2.05, 4.69) is 34.9 Å². The van der Waals surface area contributed by atoms with Gasteiger partial charge in [-0.1, -0.05) is 36.4 Å². The lowest BCUT2D eigenvalue weighted by Gasteiger charge is -2.41. The lowest BCUT2D eigenvalue weighted by atomic mass is 9.70. The molecule has 0 atom stereocenters. The maximum absolute atomic E-state index is 12.4. The minimum Gasteiger partial charge on any atom is -0.343 e. The SMILES string of the molecule is Cl.Cl.NCCCC(=O)N1CCC(c2ccccc2)(c2cn3ccccc3n2)CC1. The molecular formula is C22H28Cl2N4O. The molecular weight excluding hydrogens is 407 g/mol. The van der Waals surface area contributed by atoms with Gasteiger partial charge in [0.25, 0.3) is 0 Å². The number of fused-ring (bicyclic) bond motifs is 1. The summed E-state index contributed by atoms with van der Waals surface area (Å²) in [5.41, 5.74) is 8.74. The molecule has 1 aliphatic heterocycles. The van der Waals surface area contributed by atoms with Gasteiger partial charge in [-0.15, -0.1) is 24.8 Å². The zero-order chi connectivity index (χ0) is 18.7. The van der Waals surface area contributed by atoms with Gasteiger partial charge in [0.15, 0.2) is 0 Å². The molecule has 0 saturated carbocycles. The van der Waals surface area contributed by atoms with Crippen molar-refractivity contribution in [3.63, 3.8) is 0 Å². The number of likely N-dealkylation sites (tertiary alicyclic amines) is 1. The number of halogens is 2. The van der Waals surface area contributed by atoms with Gasteiger partial charge >= 0.3 is 0 Å². The Labute approximate surface area is 184 Å². The molecule has 7 heteroatoms. The van der Waals surface area contributed by atoms with E-state index in [-0.39, 0.29) is 36.1 Å². The summed E-state index contributed by atoms with van der Waals surface area (Å²) in [6, 6.07) is 16.7. The van der Waals surface area contributed by atoms with Crippen molar-refractivity contribution in [3.8, 4) is 0 Å². The van der Waals surface area contributed by atoms with Crippen LogP contribution < -0.4 is 5.73 Å². The van der Waals surface area contributed by atoms with Crippen LogP contribution in [0, 0.1) is 0 Å². The first-order valence-electron chi connectivity index (χ1n) is 9.70. The van der Waals surface area contributed by atoms with Crippen molar-refractivity contribution in [1.29, 1.82) is 0 Å². The number of rotatable bonds is 5. The molecule has 156 valence electrons. The van der Waals surface area contributed by atoms with Crippen molar-refractivity contribution in [2.24, 2.45) is 5.73 Å². The summed E-state index contributed by atoms with van der Waals surface area (Å²) in [4.78, 5) is 19.4. The number of benzene rings is 1. The average molecular weight is 435 g/mol. The summed E-state index contributed by atoms with van der Waals surface area (Å²) < 4.78 is 2.08. The van der Waals surface area contributed by atoms with Gasteiger partial charge in [-0.25, -0.2) is 4.98 Å². The highest BCUT2D eigenvalue weighted by atomic mass is 35.5. The lowest BCUT2D eigenvalue weighted by molar-refractivity contribution is -0.132. The van der Waals surface area contributed by atoms with E-state index in [0.717, 1.165) is 43.7 Å². The Bertz CT molecular complexity index is 888. The molecule has 0 radical (unpaired) electrons. The first kappa shape index (κ1) is 23.2. The Hall–Kier alpha value is -2.08. The minimum absolute atomic E-state index is 0. The van der Waals surface area contributed by atoms with Gasteiger partial charge < -0.3 is 15.0 Å². The van der Waals surface area contributed by atoms with E-state index in [1.807, 2.05) is 35.4 Å². The van der Waals surface area contributed by atoms with E-state index >= 15 is 0 Å². The number of imidazole rings is 1. The molecule has 0 bridgehead atoms. The Balaban J connectivity index is 0.00000150. The molecule has 5 nitrogen and oxygen atoms in total. The largest absolute Gasteiger partial charge is 0.343 e. The number of nitrogens with two attached hydrogens (primary N) is 1. The standard InChI is InChI=1S/C22H26N4O.2ClH/c23-13-6-10-21(27)25-15-11-22(12-16-25,18-7-2-1-3-8-18)19-17-26-14-5-4-9-20(26)24-19;;/h1-5,7-9,14,17H,6,10-13,15-16,23H2;2*1H. The van der Waals surface area contributed by atoms with Crippen molar-refractivity contribution in [3.05, 3.63) is 72.2 Å². The fourth-order valence-electron chi connectivity index (χ4n) is 4.16. The highest BCUT2D eigenvalue weighted by Gasteiger charge is 2.40. The second kappa shape index (κ2) is 10.1. The predicted molar refractivity (Wildman–Crippen MR) is 121 cm³/mol. The van der Waals surface area contributed by atoms with Crippen LogP contribution >= 0.6 is 24.8 Å². The van der Waals surface area contributed by atoms with E-state index in [1.54, 1.807) is 0 Å². The summed E-state index contributed by atoms with van der Waals surface area (Å²) in [5.74, 6) is 0.220. The number of nitrogens with zero attached hydrogens (tertiary/aromatic N) is 3. The Morgan fingerprint density at radius 2 is 1.72 bits per heavy atom. The molecule has 2 aromatic heterocycles. The van der Waals surface area contributed by atoms with E-state index in [4.69, 9.17) is 10.7 Å². The van der Waals surface area contributed by atoms with E-state index in [1.165, 1.54) is 5.56 Å². The van der Waals surface area contributed by atoms with Gasteiger partial charge in [-0.2, -0.15) is 0 Å². The zero-order valence-electron chi connectivity index (χ0n) is 16.4. The van der Waals surface area contributed by atoms with Crippen LogP contribution in [0.25, 0.3) is 5.65 Å². The molecule has 1 aromatic carbocycles. The maximum atomic E-state index is 12.4.